The number of likely N-dealkylation sites (tertiary alicyclic amines) is 1. The molecule has 0 atom stereocenters. The van der Waals surface area contributed by atoms with Gasteiger partial charge in [0.15, 0.2) is 0 Å². The number of aryl methyl sites for hydroxylation is 1. The van der Waals surface area contributed by atoms with Gasteiger partial charge in [-0.25, -0.2) is 4.98 Å². The van der Waals surface area contributed by atoms with Crippen LogP contribution in [0, 0.1) is 0 Å². The molecule has 1 aliphatic rings. The number of ether oxygens (including phenoxy) is 1. The molecule has 1 amide bonds. The maximum Gasteiger partial charge on any atom is 0.261 e. The predicted molar refractivity (Wildman–Crippen MR) is 83.7 cm³/mol. The van der Waals surface area contributed by atoms with E-state index in [0.717, 1.165) is 0 Å². The minimum absolute atomic E-state index is 0.00420. The summed E-state index contributed by atoms with van der Waals surface area (Å²) >= 11 is 0. The van der Waals surface area contributed by atoms with Crippen LogP contribution in [0.15, 0.2) is 29.3 Å². The second-order valence-electron chi connectivity index (χ2n) is 5.68. The second-order valence-corrected chi connectivity index (χ2v) is 5.68. The first-order chi connectivity index (χ1) is 12.2. The number of hydrogen-bond acceptors (Lipinski definition) is 8. The van der Waals surface area contributed by atoms with Crippen molar-refractivity contribution in [2.24, 2.45) is 7.05 Å². The van der Waals surface area contributed by atoms with E-state index in [2.05, 4.69) is 25.2 Å². The summed E-state index contributed by atoms with van der Waals surface area (Å²) in [5.74, 6) is 1.07. The number of rotatable bonds is 4. The molecule has 1 saturated heterocycles. The monoisotopic (exact) mass is 341 g/mol. The van der Waals surface area contributed by atoms with Crippen LogP contribution in [0.5, 0.6) is 5.88 Å². The van der Waals surface area contributed by atoms with Gasteiger partial charge in [-0.15, -0.1) is 5.10 Å². The number of aromatic nitrogens is 6. The van der Waals surface area contributed by atoms with Gasteiger partial charge in [0.05, 0.1) is 19.2 Å². The zero-order valence-corrected chi connectivity index (χ0v) is 13.7. The van der Waals surface area contributed by atoms with Gasteiger partial charge in [0, 0.05) is 38.7 Å². The molecular weight excluding hydrogens is 326 g/mol. The Hall–Kier alpha value is -3.30. The van der Waals surface area contributed by atoms with E-state index >= 15 is 0 Å². The molecule has 0 saturated carbocycles. The van der Waals surface area contributed by atoms with Gasteiger partial charge in [-0.1, -0.05) is 5.16 Å². The molecule has 0 aliphatic carbocycles. The Morgan fingerprint density at radius 1 is 1.36 bits per heavy atom. The van der Waals surface area contributed by atoms with E-state index in [1.165, 1.54) is 7.11 Å². The highest BCUT2D eigenvalue weighted by molar-refractivity contribution is 5.96. The smallest absolute Gasteiger partial charge is 0.261 e. The zero-order chi connectivity index (χ0) is 17.4. The SMILES string of the molecule is COc1nn(C)cc1C(=O)N1CC(c2nc(-c3cnccn3)no2)C1. The topological polar surface area (TPSA) is 112 Å². The molecule has 25 heavy (non-hydrogen) atoms. The standard InChI is InChI=1S/C15H15N7O3/c1-21-8-10(14(19-21)24-2)15(23)22-6-9(7-22)13-18-12(20-25-13)11-5-16-3-4-17-11/h3-5,8-9H,6-7H2,1-2H3. The van der Waals surface area contributed by atoms with Crippen molar-refractivity contribution in [2.75, 3.05) is 20.2 Å². The molecule has 10 heteroatoms. The Balaban J connectivity index is 1.44. The second kappa shape index (κ2) is 5.96. The maximum atomic E-state index is 12.5. The van der Waals surface area contributed by atoms with Crippen molar-refractivity contribution in [3.8, 4) is 17.4 Å². The molecule has 1 aliphatic heterocycles. The highest BCUT2D eigenvalue weighted by atomic mass is 16.5. The molecule has 3 aromatic rings. The largest absolute Gasteiger partial charge is 0.479 e. The van der Waals surface area contributed by atoms with Crippen LogP contribution in [0.25, 0.3) is 11.5 Å². The van der Waals surface area contributed by atoms with Crippen LogP contribution in [-0.2, 0) is 7.05 Å². The van der Waals surface area contributed by atoms with E-state index in [9.17, 15) is 4.79 Å². The first-order valence-corrected chi connectivity index (χ1v) is 7.62. The van der Waals surface area contributed by atoms with Crippen LogP contribution in [0.2, 0.25) is 0 Å². The lowest BCUT2D eigenvalue weighted by molar-refractivity contribution is 0.0566. The summed E-state index contributed by atoms with van der Waals surface area (Å²) in [5.41, 5.74) is 0.985. The fourth-order valence-electron chi connectivity index (χ4n) is 2.66. The van der Waals surface area contributed by atoms with Crippen LogP contribution < -0.4 is 4.74 Å². The summed E-state index contributed by atoms with van der Waals surface area (Å²) in [6.07, 6.45) is 6.36. The molecule has 128 valence electrons. The van der Waals surface area contributed by atoms with Crippen molar-refractivity contribution in [1.29, 1.82) is 0 Å². The van der Waals surface area contributed by atoms with Crippen LogP contribution >= 0.6 is 0 Å². The molecule has 1 fully saturated rings. The van der Waals surface area contributed by atoms with E-state index in [1.807, 2.05) is 0 Å². The highest BCUT2D eigenvalue weighted by Gasteiger charge is 2.37. The Morgan fingerprint density at radius 3 is 2.92 bits per heavy atom. The van der Waals surface area contributed by atoms with Crippen molar-refractivity contribution in [1.82, 2.24) is 34.8 Å². The van der Waals surface area contributed by atoms with Crippen molar-refractivity contribution in [3.63, 3.8) is 0 Å². The third-order valence-corrected chi connectivity index (χ3v) is 3.97. The Kier molecular flexibility index (Phi) is 3.64. The molecule has 10 nitrogen and oxygen atoms in total. The zero-order valence-electron chi connectivity index (χ0n) is 13.7. The van der Waals surface area contributed by atoms with E-state index in [4.69, 9.17) is 9.26 Å². The lowest BCUT2D eigenvalue weighted by Gasteiger charge is -2.36. The van der Waals surface area contributed by atoms with Crippen molar-refractivity contribution in [3.05, 3.63) is 36.2 Å². The number of carbonyl (C=O) groups excluding carboxylic acids is 1. The van der Waals surface area contributed by atoms with Gasteiger partial charge in [0.25, 0.3) is 5.91 Å². The third-order valence-electron chi connectivity index (χ3n) is 3.97. The lowest BCUT2D eigenvalue weighted by atomic mass is 9.99. The summed E-state index contributed by atoms with van der Waals surface area (Å²) in [5, 5.41) is 8.02. The average Bonchev–Trinajstić information content (AvgIpc) is 3.21. The van der Waals surface area contributed by atoms with Crippen LogP contribution in [0.4, 0.5) is 0 Å². The molecule has 3 aromatic heterocycles. The van der Waals surface area contributed by atoms with E-state index < -0.39 is 0 Å². The van der Waals surface area contributed by atoms with Gasteiger partial charge < -0.3 is 14.2 Å². The van der Waals surface area contributed by atoms with Gasteiger partial charge in [-0.2, -0.15) is 4.98 Å². The average molecular weight is 341 g/mol. The number of hydrogen-bond donors (Lipinski definition) is 0. The first kappa shape index (κ1) is 15.2. The maximum absolute atomic E-state index is 12.5. The quantitative estimate of drug-likeness (QED) is 0.674. The molecule has 0 aromatic carbocycles. The highest BCUT2D eigenvalue weighted by Crippen LogP contribution is 2.29. The third kappa shape index (κ3) is 2.71. The summed E-state index contributed by atoms with van der Waals surface area (Å²) in [7, 11) is 3.23. The fourth-order valence-corrected chi connectivity index (χ4v) is 2.66. The predicted octanol–water partition coefficient (Wildman–Crippen LogP) is 0.508. The molecule has 0 bridgehead atoms. The lowest BCUT2D eigenvalue weighted by Crippen LogP contribution is -2.48. The summed E-state index contributed by atoms with van der Waals surface area (Å²) in [6.45, 7) is 0.998. The molecule has 4 rings (SSSR count). The molecule has 4 heterocycles. The van der Waals surface area contributed by atoms with Gasteiger partial charge in [-0.05, 0) is 0 Å². The first-order valence-electron chi connectivity index (χ1n) is 7.62. The van der Waals surface area contributed by atoms with Crippen molar-refractivity contribution >= 4 is 5.91 Å². The van der Waals surface area contributed by atoms with Gasteiger partial charge in [0.2, 0.25) is 17.6 Å². The minimum atomic E-state index is -0.130. The minimum Gasteiger partial charge on any atom is -0.479 e. The van der Waals surface area contributed by atoms with Gasteiger partial charge in [-0.3, -0.25) is 14.5 Å². The fraction of sp³-hybridized carbons (Fsp3) is 0.333. The molecule has 0 unspecified atom stereocenters. The number of amides is 1. The number of methoxy groups -OCH3 is 1. The summed E-state index contributed by atoms with van der Waals surface area (Å²) in [6, 6.07) is 0. The summed E-state index contributed by atoms with van der Waals surface area (Å²) < 4.78 is 12.0. The Labute approximate surface area is 142 Å². The van der Waals surface area contributed by atoms with Crippen molar-refractivity contribution in [2.45, 2.75) is 5.92 Å². The molecule has 0 spiro atoms. The molecule has 0 radical (unpaired) electrons. The van der Waals surface area contributed by atoms with Crippen molar-refractivity contribution < 1.29 is 14.1 Å². The number of nitrogens with zero attached hydrogens (tertiary/aromatic N) is 7. The molecule has 0 N–H and O–H groups in total. The van der Waals surface area contributed by atoms with E-state index in [1.54, 1.807) is 41.4 Å². The van der Waals surface area contributed by atoms with Gasteiger partial charge in [0.1, 0.15) is 11.3 Å². The normalized spacial score (nSPS) is 14.4. The summed E-state index contributed by atoms with van der Waals surface area (Å²) in [4.78, 5) is 26.7. The number of carbonyl (C=O) groups is 1. The Bertz CT molecular complexity index is 899. The Morgan fingerprint density at radius 2 is 2.20 bits per heavy atom. The molecular formula is C15H15N7O3. The van der Waals surface area contributed by atoms with Crippen LogP contribution in [0.1, 0.15) is 22.2 Å². The van der Waals surface area contributed by atoms with E-state index in [-0.39, 0.29) is 11.8 Å². The van der Waals surface area contributed by atoms with Gasteiger partial charge >= 0.3 is 0 Å². The van der Waals surface area contributed by atoms with Crippen LogP contribution in [-0.4, -0.2) is 60.9 Å². The van der Waals surface area contributed by atoms with E-state index in [0.29, 0.717) is 41.9 Å². The van der Waals surface area contributed by atoms with Crippen LogP contribution in [0.3, 0.4) is 0 Å².